The van der Waals surface area contributed by atoms with Crippen LogP contribution < -0.4 is 10.1 Å². The van der Waals surface area contributed by atoms with Crippen LogP contribution in [-0.4, -0.2) is 43.2 Å². The van der Waals surface area contributed by atoms with Gasteiger partial charge in [-0.15, -0.1) is 0 Å². The van der Waals surface area contributed by atoms with Crippen LogP contribution >= 0.6 is 0 Å². The Hall–Kier alpha value is -2.89. The molecule has 1 N–H and O–H groups in total. The second-order valence-corrected chi connectivity index (χ2v) is 9.89. The van der Waals surface area contributed by atoms with Gasteiger partial charge in [0.05, 0.1) is 12.1 Å². The predicted molar refractivity (Wildman–Crippen MR) is 137 cm³/mol. The van der Waals surface area contributed by atoms with Crippen molar-refractivity contribution in [2.45, 2.75) is 45.4 Å². The zero-order valence-corrected chi connectivity index (χ0v) is 20.5. The predicted octanol–water partition coefficient (Wildman–Crippen LogP) is 5.17. The van der Waals surface area contributed by atoms with Gasteiger partial charge in [-0.3, -0.25) is 9.69 Å². The second-order valence-electron chi connectivity index (χ2n) is 9.89. The minimum absolute atomic E-state index is 0.0221. The van der Waals surface area contributed by atoms with Gasteiger partial charge in [0.2, 0.25) is 5.91 Å². The summed E-state index contributed by atoms with van der Waals surface area (Å²) in [6.07, 6.45) is 1.54. The molecule has 1 aliphatic heterocycles. The molecule has 1 aliphatic rings. The Balaban J connectivity index is 1.20. The summed E-state index contributed by atoms with van der Waals surface area (Å²) in [5.74, 6) is 0.945. The Morgan fingerprint density at radius 2 is 1.82 bits per heavy atom. The largest absolute Gasteiger partial charge is 0.492 e. The minimum Gasteiger partial charge on any atom is -0.492 e. The summed E-state index contributed by atoms with van der Waals surface area (Å²) in [6.45, 7) is 7.45. The summed E-state index contributed by atoms with van der Waals surface area (Å²) < 4.78 is 11.5. The van der Waals surface area contributed by atoms with Crippen molar-refractivity contribution in [3.63, 3.8) is 0 Å². The lowest BCUT2D eigenvalue weighted by molar-refractivity contribution is -0.135. The molecule has 180 valence electrons. The van der Waals surface area contributed by atoms with E-state index in [0.717, 1.165) is 31.7 Å². The van der Waals surface area contributed by atoms with Crippen molar-refractivity contribution in [2.24, 2.45) is 5.92 Å². The zero-order valence-electron chi connectivity index (χ0n) is 20.5. The topological polar surface area (TPSA) is 50.8 Å². The summed E-state index contributed by atoms with van der Waals surface area (Å²) in [5.41, 5.74) is 2.36. The van der Waals surface area contributed by atoms with Crippen LogP contribution in [0.4, 0.5) is 0 Å². The van der Waals surface area contributed by atoms with Gasteiger partial charge < -0.3 is 14.8 Å². The lowest BCUT2D eigenvalue weighted by atomic mass is 9.88. The second kappa shape index (κ2) is 11.0. The molecule has 1 saturated heterocycles. The summed E-state index contributed by atoms with van der Waals surface area (Å²) in [4.78, 5) is 14.7. The molecule has 1 heterocycles. The molecule has 1 amide bonds. The fourth-order valence-electron chi connectivity index (χ4n) is 4.72. The zero-order chi connectivity index (χ0) is 24.0. The maximum atomic E-state index is 12.4. The fraction of sp³-hybridized carbons (Fsp3) is 0.414. The number of benzene rings is 3. The molecule has 5 nitrogen and oxygen atoms in total. The van der Waals surface area contributed by atoms with Crippen LogP contribution in [0.5, 0.6) is 5.75 Å². The smallest absolute Gasteiger partial charge is 0.223 e. The van der Waals surface area contributed by atoms with Crippen molar-refractivity contribution in [3.05, 3.63) is 77.9 Å². The van der Waals surface area contributed by atoms with Crippen molar-refractivity contribution >= 4 is 16.7 Å². The van der Waals surface area contributed by atoms with Crippen LogP contribution in [0.3, 0.4) is 0 Å². The fourth-order valence-corrected chi connectivity index (χ4v) is 4.72. The molecule has 0 aromatic heterocycles. The van der Waals surface area contributed by atoms with Crippen molar-refractivity contribution < 1.29 is 14.3 Å². The lowest BCUT2D eigenvalue weighted by Gasteiger charge is -2.34. The molecular weight excluding hydrogens is 424 g/mol. The highest BCUT2D eigenvalue weighted by Gasteiger charge is 2.32. The Morgan fingerprint density at radius 1 is 1.06 bits per heavy atom. The molecule has 1 fully saturated rings. The maximum absolute atomic E-state index is 12.4. The van der Waals surface area contributed by atoms with E-state index < -0.39 is 0 Å². The number of hydrogen-bond acceptors (Lipinski definition) is 4. The van der Waals surface area contributed by atoms with Gasteiger partial charge in [-0.05, 0) is 67.8 Å². The highest BCUT2D eigenvalue weighted by Crippen LogP contribution is 2.28. The van der Waals surface area contributed by atoms with Crippen molar-refractivity contribution in [2.75, 3.05) is 26.8 Å². The molecule has 0 bridgehead atoms. The van der Waals surface area contributed by atoms with E-state index in [0.29, 0.717) is 19.8 Å². The third-order valence-electron chi connectivity index (χ3n) is 6.43. The number of hydrogen-bond donors (Lipinski definition) is 1. The highest BCUT2D eigenvalue weighted by molar-refractivity contribution is 5.85. The molecule has 3 aromatic rings. The number of nitrogens with one attached hydrogen (secondary N) is 1. The first-order valence-electron chi connectivity index (χ1n) is 12.2. The highest BCUT2D eigenvalue weighted by atomic mass is 16.5. The maximum Gasteiger partial charge on any atom is 0.223 e. The van der Waals surface area contributed by atoms with Gasteiger partial charge in [0.15, 0.2) is 0 Å². The van der Waals surface area contributed by atoms with E-state index in [1.165, 1.54) is 21.9 Å². The molecule has 4 rings (SSSR count). The van der Waals surface area contributed by atoms with Gasteiger partial charge in [0.25, 0.3) is 0 Å². The van der Waals surface area contributed by atoms with Crippen LogP contribution in [0.25, 0.3) is 10.8 Å². The molecule has 0 spiro atoms. The standard InChI is InChI=1S/C29H36N2O3/c1-29(2)19-24(15-17-34-29)28(32)30-16-18-33-26-13-11-22(12-14-26)20-31(3)21-25-9-6-8-23-7-4-5-10-27(23)25/h4-14,24H,15-21H2,1-3H3,(H,30,32)/t24-/m1/s1. The monoisotopic (exact) mass is 460 g/mol. The van der Waals surface area contributed by atoms with Crippen LogP contribution in [0.2, 0.25) is 0 Å². The van der Waals surface area contributed by atoms with Crippen LogP contribution in [-0.2, 0) is 22.6 Å². The van der Waals surface area contributed by atoms with E-state index in [9.17, 15) is 4.79 Å². The number of carbonyl (C=O) groups is 1. The normalized spacial score (nSPS) is 17.6. The molecule has 0 unspecified atom stereocenters. The average molecular weight is 461 g/mol. The van der Waals surface area contributed by atoms with E-state index in [-0.39, 0.29) is 17.4 Å². The summed E-state index contributed by atoms with van der Waals surface area (Å²) in [5, 5.41) is 5.60. The number of fused-ring (bicyclic) bond motifs is 1. The summed E-state index contributed by atoms with van der Waals surface area (Å²) >= 11 is 0. The van der Waals surface area contributed by atoms with Gasteiger partial charge in [-0.1, -0.05) is 54.6 Å². The van der Waals surface area contributed by atoms with Crippen molar-refractivity contribution in [1.29, 1.82) is 0 Å². The van der Waals surface area contributed by atoms with Crippen molar-refractivity contribution in [1.82, 2.24) is 10.2 Å². The van der Waals surface area contributed by atoms with E-state index >= 15 is 0 Å². The third-order valence-corrected chi connectivity index (χ3v) is 6.43. The SMILES string of the molecule is CN(Cc1ccc(OCCNC(=O)[C@@H]2CCOC(C)(C)C2)cc1)Cc1cccc2ccccc12. The molecule has 0 aliphatic carbocycles. The molecular formula is C29H36N2O3. The Kier molecular flexibility index (Phi) is 7.86. The Morgan fingerprint density at radius 3 is 2.62 bits per heavy atom. The first kappa shape index (κ1) is 24.2. The minimum atomic E-state index is -0.221. The number of nitrogens with zero attached hydrogens (tertiary/aromatic N) is 1. The third kappa shape index (κ3) is 6.58. The van der Waals surface area contributed by atoms with E-state index in [2.05, 4.69) is 71.9 Å². The number of carbonyl (C=O) groups excluding carboxylic acids is 1. The van der Waals surface area contributed by atoms with Crippen LogP contribution in [0.15, 0.2) is 66.7 Å². The van der Waals surface area contributed by atoms with E-state index in [1.807, 2.05) is 26.0 Å². The number of ether oxygens (including phenoxy) is 2. The van der Waals surface area contributed by atoms with Gasteiger partial charge >= 0.3 is 0 Å². The van der Waals surface area contributed by atoms with Gasteiger partial charge in [-0.25, -0.2) is 0 Å². The summed E-state index contributed by atoms with van der Waals surface area (Å²) in [7, 11) is 2.15. The summed E-state index contributed by atoms with van der Waals surface area (Å²) in [6, 6.07) is 23.3. The molecule has 1 atom stereocenters. The molecule has 0 radical (unpaired) electrons. The Bertz CT molecular complexity index is 1090. The van der Waals surface area contributed by atoms with E-state index in [1.54, 1.807) is 0 Å². The average Bonchev–Trinajstić information content (AvgIpc) is 2.82. The van der Waals surface area contributed by atoms with Gasteiger partial charge in [0.1, 0.15) is 12.4 Å². The van der Waals surface area contributed by atoms with Crippen LogP contribution in [0.1, 0.15) is 37.8 Å². The van der Waals surface area contributed by atoms with Crippen molar-refractivity contribution in [3.8, 4) is 5.75 Å². The first-order valence-corrected chi connectivity index (χ1v) is 12.2. The quantitative estimate of drug-likeness (QED) is 0.448. The van der Waals surface area contributed by atoms with Gasteiger partial charge in [-0.2, -0.15) is 0 Å². The number of rotatable bonds is 9. The molecule has 0 saturated carbocycles. The Labute approximate surface area is 203 Å². The molecule has 5 heteroatoms. The molecule has 34 heavy (non-hydrogen) atoms. The van der Waals surface area contributed by atoms with E-state index in [4.69, 9.17) is 9.47 Å². The van der Waals surface area contributed by atoms with Crippen LogP contribution in [0, 0.1) is 5.92 Å². The first-order chi connectivity index (χ1) is 16.4. The number of amides is 1. The lowest BCUT2D eigenvalue weighted by Crippen LogP contribution is -2.42. The molecule has 3 aromatic carbocycles. The van der Waals surface area contributed by atoms with Gasteiger partial charge in [0, 0.05) is 25.6 Å².